The molecule has 0 spiro atoms. The lowest BCUT2D eigenvalue weighted by atomic mass is 10.2. The lowest BCUT2D eigenvalue weighted by Crippen LogP contribution is -2.50. The van der Waals surface area contributed by atoms with Crippen LogP contribution in [0.1, 0.15) is 5.56 Å². The largest absolute Gasteiger partial charge is 0.497 e. The van der Waals surface area contributed by atoms with Crippen molar-refractivity contribution in [2.24, 2.45) is 0 Å². The number of urea groups is 1. The highest BCUT2D eigenvalue weighted by molar-refractivity contribution is 7.16. The Labute approximate surface area is 166 Å². The lowest BCUT2D eigenvalue weighted by Gasteiger charge is -2.35. The summed E-state index contributed by atoms with van der Waals surface area (Å²) in [7, 11) is 1.62. The van der Waals surface area contributed by atoms with Gasteiger partial charge in [-0.1, -0.05) is 0 Å². The van der Waals surface area contributed by atoms with E-state index < -0.39 is 0 Å². The first-order valence-electron chi connectivity index (χ1n) is 8.87. The van der Waals surface area contributed by atoms with Gasteiger partial charge in [-0.2, -0.15) is 4.98 Å². The number of thiazole rings is 1. The monoisotopic (exact) mass is 399 g/mol. The smallest absolute Gasteiger partial charge is 0.321 e. The number of nitrogen functional groups attached to an aromatic ring is 1. The van der Waals surface area contributed by atoms with Gasteiger partial charge in [0.25, 0.3) is 0 Å². The van der Waals surface area contributed by atoms with Gasteiger partial charge in [0.2, 0.25) is 5.95 Å². The number of benzene rings is 1. The predicted octanol–water partition coefficient (Wildman–Crippen LogP) is 2.34. The van der Waals surface area contributed by atoms with Gasteiger partial charge in [-0.15, -0.1) is 11.3 Å². The Morgan fingerprint density at radius 3 is 2.75 bits per heavy atom. The van der Waals surface area contributed by atoms with Crippen LogP contribution in [0.4, 0.5) is 22.2 Å². The van der Waals surface area contributed by atoms with Crippen molar-refractivity contribution in [1.29, 1.82) is 0 Å². The Hall–Kier alpha value is -3.14. The number of nitrogens with one attached hydrogen (secondary N) is 1. The second-order valence-electron chi connectivity index (χ2n) is 6.50. The van der Waals surface area contributed by atoms with Gasteiger partial charge in [-0.05, 0) is 30.7 Å². The van der Waals surface area contributed by atoms with Crippen LogP contribution in [0.5, 0.6) is 5.75 Å². The van der Waals surface area contributed by atoms with Crippen molar-refractivity contribution in [3.63, 3.8) is 0 Å². The minimum Gasteiger partial charge on any atom is -0.497 e. The number of methoxy groups -OCH3 is 1. The number of piperazine rings is 1. The van der Waals surface area contributed by atoms with E-state index in [9.17, 15) is 4.79 Å². The summed E-state index contributed by atoms with van der Waals surface area (Å²) in [5, 5.41) is 2.98. The number of hydrogen-bond donors (Lipinski definition) is 2. The van der Waals surface area contributed by atoms with Gasteiger partial charge in [-0.3, -0.25) is 0 Å². The van der Waals surface area contributed by atoms with Crippen LogP contribution in [-0.2, 0) is 0 Å². The summed E-state index contributed by atoms with van der Waals surface area (Å²) in [6.07, 6.45) is 0. The highest BCUT2D eigenvalue weighted by Gasteiger charge is 2.24. The molecule has 1 aliphatic heterocycles. The molecule has 0 aliphatic carbocycles. The van der Waals surface area contributed by atoms with Crippen molar-refractivity contribution in [2.45, 2.75) is 6.92 Å². The zero-order valence-corrected chi connectivity index (χ0v) is 16.5. The van der Waals surface area contributed by atoms with E-state index >= 15 is 0 Å². The Balaban J connectivity index is 1.42. The lowest BCUT2D eigenvalue weighted by molar-refractivity contribution is 0.208. The molecule has 1 fully saturated rings. The molecule has 2 aromatic heterocycles. The van der Waals surface area contributed by atoms with Crippen molar-refractivity contribution >= 4 is 45.2 Å². The van der Waals surface area contributed by atoms with E-state index in [4.69, 9.17) is 10.5 Å². The van der Waals surface area contributed by atoms with Crippen molar-refractivity contribution in [1.82, 2.24) is 19.9 Å². The normalized spacial score (nSPS) is 14.4. The third-order valence-corrected chi connectivity index (χ3v) is 5.46. The number of anilines is 3. The summed E-state index contributed by atoms with van der Waals surface area (Å²) in [5.74, 6) is 1.73. The SMILES string of the molecule is COc1ccc(NC(=O)N2CCN(c3nc(N)nc4scnc34)CC2)c(C)c1. The van der Waals surface area contributed by atoms with E-state index in [1.165, 1.54) is 11.3 Å². The molecule has 3 N–H and O–H groups in total. The number of fused-ring (bicyclic) bond motifs is 1. The van der Waals surface area contributed by atoms with Gasteiger partial charge in [0, 0.05) is 31.9 Å². The second kappa shape index (κ2) is 7.47. The summed E-state index contributed by atoms with van der Waals surface area (Å²) in [5.41, 5.74) is 10.1. The van der Waals surface area contributed by atoms with Gasteiger partial charge >= 0.3 is 6.03 Å². The molecule has 0 radical (unpaired) electrons. The molecule has 0 bridgehead atoms. The molecule has 1 saturated heterocycles. The molecule has 9 nitrogen and oxygen atoms in total. The fourth-order valence-electron chi connectivity index (χ4n) is 3.20. The molecule has 10 heteroatoms. The number of carbonyl (C=O) groups is 1. The Morgan fingerprint density at radius 2 is 2.04 bits per heavy atom. The molecule has 1 aliphatic rings. The Kier molecular flexibility index (Phi) is 4.86. The van der Waals surface area contributed by atoms with Crippen LogP contribution in [-0.4, -0.2) is 59.2 Å². The van der Waals surface area contributed by atoms with Crippen molar-refractivity contribution in [3.05, 3.63) is 29.3 Å². The maximum Gasteiger partial charge on any atom is 0.321 e. The topological polar surface area (TPSA) is 110 Å². The van der Waals surface area contributed by atoms with Crippen LogP contribution in [0.2, 0.25) is 0 Å². The number of amides is 2. The number of hydrogen-bond acceptors (Lipinski definition) is 8. The highest BCUT2D eigenvalue weighted by Crippen LogP contribution is 2.27. The summed E-state index contributed by atoms with van der Waals surface area (Å²) in [6, 6.07) is 5.46. The number of nitrogens with two attached hydrogens (primary N) is 1. The minimum atomic E-state index is -0.117. The first-order valence-corrected chi connectivity index (χ1v) is 9.75. The summed E-state index contributed by atoms with van der Waals surface area (Å²) >= 11 is 1.44. The predicted molar refractivity (Wildman–Crippen MR) is 110 cm³/mol. The molecule has 4 rings (SSSR count). The summed E-state index contributed by atoms with van der Waals surface area (Å²) in [4.78, 5) is 30.3. The van der Waals surface area contributed by atoms with E-state index in [0.717, 1.165) is 33.2 Å². The van der Waals surface area contributed by atoms with Gasteiger partial charge in [0.1, 0.15) is 11.3 Å². The molecule has 3 aromatic rings. The Bertz CT molecular complexity index is 1010. The molecular weight excluding hydrogens is 378 g/mol. The van der Waals surface area contributed by atoms with Gasteiger partial charge < -0.3 is 25.6 Å². The maximum atomic E-state index is 12.7. The fraction of sp³-hybridized carbons (Fsp3) is 0.333. The average Bonchev–Trinajstić information content (AvgIpc) is 3.17. The zero-order chi connectivity index (χ0) is 19.7. The number of aryl methyl sites for hydroxylation is 1. The van der Waals surface area contributed by atoms with E-state index in [1.54, 1.807) is 17.5 Å². The zero-order valence-electron chi connectivity index (χ0n) is 15.7. The molecule has 1 aromatic carbocycles. The van der Waals surface area contributed by atoms with Crippen molar-refractivity contribution < 1.29 is 9.53 Å². The third-order valence-electron chi connectivity index (χ3n) is 4.74. The molecule has 0 atom stereocenters. The number of ether oxygens (including phenoxy) is 1. The van der Waals surface area contributed by atoms with Gasteiger partial charge in [0.05, 0.1) is 12.6 Å². The molecule has 2 amide bonds. The third kappa shape index (κ3) is 3.50. The van der Waals surface area contributed by atoms with Crippen LogP contribution in [0.3, 0.4) is 0 Å². The first-order chi connectivity index (χ1) is 13.5. The molecule has 28 heavy (non-hydrogen) atoms. The van der Waals surface area contributed by atoms with Crippen LogP contribution in [0.25, 0.3) is 10.3 Å². The van der Waals surface area contributed by atoms with Crippen LogP contribution < -0.4 is 20.7 Å². The molecule has 0 saturated carbocycles. The standard InChI is InChI=1S/C18H21N7O2S/c1-11-9-12(27-2)3-4-13(11)21-18(26)25-7-5-24(6-8-25)15-14-16(28-10-20-14)23-17(19)22-15/h3-4,9-10H,5-8H2,1-2H3,(H,21,26)(H2,19,22,23). The number of aromatic nitrogens is 3. The quantitative estimate of drug-likeness (QED) is 0.696. The van der Waals surface area contributed by atoms with Gasteiger partial charge in [0.15, 0.2) is 10.6 Å². The number of carbonyl (C=O) groups excluding carboxylic acids is 1. The number of nitrogens with zero attached hydrogens (tertiary/aromatic N) is 5. The fourth-order valence-corrected chi connectivity index (χ4v) is 3.86. The molecular formula is C18H21N7O2S. The second-order valence-corrected chi connectivity index (χ2v) is 7.33. The average molecular weight is 399 g/mol. The van der Waals surface area contributed by atoms with Crippen LogP contribution >= 0.6 is 11.3 Å². The Morgan fingerprint density at radius 1 is 1.25 bits per heavy atom. The van der Waals surface area contributed by atoms with Crippen LogP contribution in [0, 0.1) is 6.92 Å². The molecule has 146 valence electrons. The van der Waals surface area contributed by atoms with Gasteiger partial charge in [-0.25, -0.2) is 14.8 Å². The van der Waals surface area contributed by atoms with E-state index in [2.05, 4.69) is 25.2 Å². The van der Waals surface area contributed by atoms with Crippen molar-refractivity contribution in [2.75, 3.05) is 49.2 Å². The summed E-state index contributed by atoms with van der Waals surface area (Å²) in [6.45, 7) is 4.40. The highest BCUT2D eigenvalue weighted by atomic mass is 32.1. The first kappa shape index (κ1) is 18.2. The summed E-state index contributed by atoms with van der Waals surface area (Å²) < 4.78 is 5.21. The minimum absolute atomic E-state index is 0.117. The maximum absolute atomic E-state index is 12.7. The molecule has 3 heterocycles. The number of rotatable bonds is 3. The van der Waals surface area contributed by atoms with E-state index in [0.29, 0.717) is 26.2 Å². The van der Waals surface area contributed by atoms with Crippen LogP contribution in [0.15, 0.2) is 23.7 Å². The van der Waals surface area contributed by atoms with E-state index in [1.807, 2.05) is 25.1 Å². The van der Waals surface area contributed by atoms with E-state index in [-0.39, 0.29) is 12.0 Å². The van der Waals surface area contributed by atoms with Crippen molar-refractivity contribution in [3.8, 4) is 5.75 Å². The molecule has 0 unspecified atom stereocenters.